The summed E-state index contributed by atoms with van der Waals surface area (Å²) in [7, 11) is 0. The molecule has 0 aliphatic heterocycles. The van der Waals surface area contributed by atoms with Crippen molar-refractivity contribution in [2.75, 3.05) is 11.1 Å². The molecule has 3 N–H and O–H groups in total. The molecule has 0 saturated carbocycles. The molecule has 104 valence electrons. The second kappa shape index (κ2) is 6.24. The number of anilines is 2. The van der Waals surface area contributed by atoms with Crippen molar-refractivity contribution in [3.05, 3.63) is 59.2 Å². The van der Waals surface area contributed by atoms with Gasteiger partial charge in [0.25, 0.3) is 0 Å². The van der Waals surface area contributed by atoms with E-state index < -0.39 is 0 Å². The SMILES string of the molecule is Cc1ccc(CCC(=O)Nc2ccc(C)c(N)c2)cc1. The van der Waals surface area contributed by atoms with Crippen molar-refractivity contribution in [2.45, 2.75) is 26.7 Å². The molecule has 0 unspecified atom stereocenters. The molecule has 0 aromatic heterocycles. The molecule has 0 radical (unpaired) electrons. The third-order valence-electron chi connectivity index (χ3n) is 3.32. The molecule has 0 heterocycles. The standard InChI is InChI=1S/C17H20N2O/c1-12-3-6-14(7-4-12)8-10-17(20)19-15-9-5-13(2)16(18)11-15/h3-7,9,11H,8,10,18H2,1-2H3,(H,19,20). The molecule has 2 aromatic carbocycles. The zero-order chi connectivity index (χ0) is 14.5. The number of benzene rings is 2. The van der Waals surface area contributed by atoms with Gasteiger partial charge in [0.05, 0.1) is 0 Å². The van der Waals surface area contributed by atoms with E-state index in [0.29, 0.717) is 12.1 Å². The number of aryl methyl sites for hydroxylation is 3. The first-order chi connectivity index (χ1) is 9.54. The average molecular weight is 268 g/mol. The lowest BCUT2D eigenvalue weighted by Crippen LogP contribution is -2.12. The summed E-state index contributed by atoms with van der Waals surface area (Å²) in [5, 5.41) is 2.87. The number of nitrogens with two attached hydrogens (primary N) is 1. The number of rotatable bonds is 4. The maximum absolute atomic E-state index is 11.9. The van der Waals surface area contributed by atoms with Gasteiger partial charge in [-0.15, -0.1) is 0 Å². The monoisotopic (exact) mass is 268 g/mol. The maximum atomic E-state index is 11.9. The molecular formula is C17H20N2O. The highest BCUT2D eigenvalue weighted by atomic mass is 16.1. The van der Waals surface area contributed by atoms with Crippen LogP contribution in [0, 0.1) is 13.8 Å². The lowest BCUT2D eigenvalue weighted by Gasteiger charge is -2.07. The molecule has 2 aromatic rings. The van der Waals surface area contributed by atoms with E-state index >= 15 is 0 Å². The molecule has 20 heavy (non-hydrogen) atoms. The largest absolute Gasteiger partial charge is 0.398 e. The summed E-state index contributed by atoms with van der Waals surface area (Å²) in [6.07, 6.45) is 1.21. The lowest BCUT2D eigenvalue weighted by atomic mass is 10.1. The van der Waals surface area contributed by atoms with Crippen LogP contribution >= 0.6 is 0 Å². The summed E-state index contributed by atoms with van der Waals surface area (Å²) in [6.45, 7) is 4.00. The van der Waals surface area contributed by atoms with Crippen molar-refractivity contribution in [2.24, 2.45) is 0 Å². The van der Waals surface area contributed by atoms with E-state index in [4.69, 9.17) is 5.73 Å². The quantitative estimate of drug-likeness (QED) is 0.834. The minimum Gasteiger partial charge on any atom is -0.398 e. The first kappa shape index (κ1) is 14.1. The van der Waals surface area contributed by atoms with E-state index in [0.717, 1.165) is 17.7 Å². The van der Waals surface area contributed by atoms with Crippen molar-refractivity contribution in [3.63, 3.8) is 0 Å². The van der Waals surface area contributed by atoms with Crippen LogP contribution in [0.3, 0.4) is 0 Å². The van der Waals surface area contributed by atoms with Gasteiger partial charge in [0.15, 0.2) is 0 Å². The van der Waals surface area contributed by atoms with Crippen LogP contribution in [0.4, 0.5) is 11.4 Å². The van der Waals surface area contributed by atoms with Crippen LogP contribution in [-0.2, 0) is 11.2 Å². The van der Waals surface area contributed by atoms with E-state index in [1.165, 1.54) is 11.1 Å². The van der Waals surface area contributed by atoms with Crippen molar-refractivity contribution < 1.29 is 4.79 Å². The zero-order valence-corrected chi connectivity index (χ0v) is 11.9. The van der Waals surface area contributed by atoms with Gasteiger partial charge in [0.2, 0.25) is 5.91 Å². The second-order valence-corrected chi connectivity index (χ2v) is 5.11. The van der Waals surface area contributed by atoms with Crippen molar-refractivity contribution in [3.8, 4) is 0 Å². The number of nitrogens with one attached hydrogen (secondary N) is 1. The summed E-state index contributed by atoms with van der Waals surface area (Å²) >= 11 is 0. The van der Waals surface area contributed by atoms with Gasteiger partial charge >= 0.3 is 0 Å². The van der Waals surface area contributed by atoms with Gasteiger partial charge < -0.3 is 11.1 Å². The number of carbonyl (C=O) groups excluding carboxylic acids is 1. The normalized spacial score (nSPS) is 10.3. The van der Waals surface area contributed by atoms with Gasteiger partial charge in [-0.3, -0.25) is 4.79 Å². The number of amides is 1. The minimum absolute atomic E-state index is 0.00817. The Morgan fingerprint density at radius 1 is 1.10 bits per heavy atom. The highest BCUT2D eigenvalue weighted by molar-refractivity contribution is 5.91. The molecule has 3 heteroatoms. The molecule has 0 fully saturated rings. The Morgan fingerprint density at radius 3 is 2.45 bits per heavy atom. The van der Waals surface area contributed by atoms with Crippen molar-refractivity contribution in [1.82, 2.24) is 0 Å². The zero-order valence-electron chi connectivity index (χ0n) is 11.9. The average Bonchev–Trinajstić information content (AvgIpc) is 2.42. The van der Waals surface area contributed by atoms with Crippen LogP contribution in [0.1, 0.15) is 23.1 Å². The third kappa shape index (κ3) is 3.85. The van der Waals surface area contributed by atoms with E-state index in [-0.39, 0.29) is 5.91 Å². The Labute approximate surface area is 119 Å². The molecule has 0 atom stereocenters. The van der Waals surface area contributed by atoms with Gasteiger partial charge in [-0.1, -0.05) is 35.9 Å². The van der Waals surface area contributed by atoms with Crippen molar-refractivity contribution >= 4 is 17.3 Å². The fraction of sp³-hybridized carbons (Fsp3) is 0.235. The number of carbonyl (C=O) groups is 1. The molecule has 2 rings (SSSR count). The fourth-order valence-electron chi connectivity index (χ4n) is 1.95. The predicted octanol–water partition coefficient (Wildman–Crippen LogP) is 3.46. The predicted molar refractivity (Wildman–Crippen MR) is 83.7 cm³/mol. The van der Waals surface area contributed by atoms with Crippen LogP contribution in [0.2, 0.25) is 0 Å². The first-order valence-corrected chi connectivity index (χ1v) is 6.76. The lowest BCUT2D eigenvalue weighted by molar-refractivity contribution is -0.116. The smallest absolute Gasteiger partial charge is 0.224 e. The third-order valence-corrected chi connectivity index (χ3v) is 3.32. The van der Waals surface area contributed by atoms with Crippen LogP contribution in [0.25, 0.3) is 0 Å². The molecule has 0 saturated heterocycles. The Hall–Kier alpha value is -2.29. The van der Waals surface area contributed by atoms with Crippen LogP contribution in [0.15, 0.2) is 42.5 Å². The number of hydrogen-bond donors (Lipinski definition) is 2. The van der Waals surface area contributed by atoms with Crippen LogP contribution in [-0.4, -0.2) is 5.91 Å². The fourth-order valence-corrected chi connectivity index (χ4v) is 1.95. The Bertz CT molecular complexity index is 603. The van der Waals surface area contributed by atoms with E-state index in [1.54, 1.807) is 6.07 Å². The molecule has 1 amide bonds. The summed E-state index contributed by atoms with van der Waals surface area (Å²) < 4.78 is 0. The van der Waals surface area contributed by atoms with Crippen molar-refractivity contribution in [1.29, 1.82) is 0 Å². The Kier molecular flexibility index (Phi) is 4.41. The maximum Gasteiger partial charge on any atom is 0.224 e. The molecule has 0 aliphatic carbocycles. The van der Waals surface area contributed by atoms with Gasteiger partial charge in [-0.25, -0.2) is 0 Å². The topological polar surface area (TPSA) is 55.1 Å². The first-order valence-electron chi connectivity index (χ1n) is 6.76. The highest BCUT2D eigenvalue weighted by Crippen LogP contribution is 2.17. The summed E-state index contributed by atoms with van der Waals surface area (Å²) in [5.74, 6) is 0.00817. The van der Waals surface area contributed by atoms with Gasteiger partial charge in [-0.05, 0) is 43.5 Å². The molecular weight excluding hydrogens is 248 g/mol. The van der Waals surface area contributed by atoms with E-state index in [9.17, 15) is 4.79 Å². The van der Waals surface area contributed by atoms with E-state index in [2.05, 4.69) is 36.5 Å². The number of hydrogen-bond acceptors (Lipinski definition) is 2. The molecule has 0 bridgehead atoms. The Morgan fingerprint density at radius 2 is 1.80 bits per heavy atom. The molecule has 3 nitrogen and oxygen atoms in total. The summed E-state index contributed by atoms with van der Waals surface area (Å²) in [5.41, 5.74) is 10.7. The highest BCUT2D eigenvalue weighted by Gasteiger charge is 2.04. The minimum atomic E-state index is 0.00817. The summed E-state index contributed by atoms with van der Waals surface area (Å²) in [6, 6.07) is 13.8. The summed E-state index contributed by atoms with van der Waals surface area (Å²) in [4.78, 5) is 11.9. The van der Waals surface area contributed by atoms with Crippen LogP contribution < -0.4 is 11.1 Å². The number of nitrogen functional groups attached to an aromatic ring is 1. The van der Waals surface area contributed by atoms with Gasteiger partial charge in [0, 0.05) is 17.8 Å². The molecule has 0 spiro atoms. The van der Waals surface area contributed by atoms with Gasteiger partial charge in [0.1, 0.15) is 0 Å². The molecule has 0 aliphatic rings. The Balaban J connectivity index is 1.89. The van der Waals surface area contributed by atoms with Crippen LogP contribution in [0.5, 0.6) is 0 Å². The second-order valence-electron chi connectivity index (χ2n) is 5.11. The van der Waals surface area contributed by atoms with Gasteiger partial charge in [-0.2, -0.15) is 0 Å². The van der Waals surface area contributed by atoms with E-state index in [1.807, 2.05) is 19.1 Å².